The van der Waals surface area contributed by atoms with Gasteiger partial charge in [-0.25, -0.2) is 4.39 Å². The zero-order chi connectivity index (χ0) is 14.1. The fraction of sp³-hybridized carbons (Fsp3) is 0.647. The number of hydrogen-bond acceptors (Lipinski definition) is 2. The summed E-state index contributed by atoms with van der Waals surface area (Å²) in [5.74, 6) is 1.51. The minimum Gasteiger partial charge on any atom is -0.326 e. The molecule has 1 aromatic carbocycles. The zero-order valence-electron chi connectivity index (χ0n) is 12.3. The molecule has 0 aromatic heterocycles. The summed E-state index contributed by atoms with van der Waals surface area (Å²) in [7, 11) is 0. The number of likely N-dealkylation sites (tertiary alicyclic amines) is 1. The van der Waals surface area contributed by atoms with Gasteiger partial charge in [-0.15, -0.1) is 0 Å². The number of benzene rings is 1. The zero-order valence-corrected chi connectivity index (χ0v) is 12.3. The highest BCUT2D eigenvalue weighted by molar-refractivity contribution is 5.23. The van der Waals surface area contributed by atoms with Crippen LogP contribution in [0.15, 0.2) is 24.3 Å². The monoisotopic (exact) mass is 276 g/mol. The fourth-order valence-corrected chi connectivity index (χ4v) is 4.13. The standard InChI is InChI=1S/C17H25FN2/c1-2-16(19)17(14-8-3-4-9-15(14)18)20-10-12-6-5-7-13(12)11-20/h3-4,8-9,12-13,16-17H,2,5-7,10-11,19H2,1H3. The summed E-state index contributed by atoms with van der Waals surface area (Å²) in [4.78, 5) is 2.45. The van der Waals surface area contributed by atoms with E-state index in [-0.39, 0.29) is 17.9 Å². The Morgan fingerprint density at radius 2 is 1.90 bits per heavy atom. The van der Waals surface area contributed by atoms with E-state index in [9.17, 15) is 4.39 Å². The second kappa shape index (κ2) is 5.82. The van der Waals surface area contributed by atoms with Crippen LogP contribution in [0.2, 0.25) is 0 Å². The molecule has 20 heavy (non-hydrogen) atoms. The molecule has 0 bridgehead atoms. The highest BCUT2D eigenvalue weighted by atomic mass is 19.1. The molecule has 1 heterocycles. The van der Waals surface area contributed by atoms with Crippen LogP contribution in [0, 0.1) is 17.7 Å². The van der Waals surface area contributed by atoms with Gasteiger partial charge in [0.15, 0.2) is 0 Å². The Balaban J connectivity index is 1.86. The van der Waals surface area contributed by atoms with Crippen molar-refractivity contribution in [2.45, 2.75) is 44.7 Å². The van der Waals surface area contributed by atoms with Gasteiger partial charge in [-0.2, -0.15) is 0 Å². The van der Waals surface area contributed by atoms with Crippen LogP contribution in [-0.4, -0.2) is 24.0 Å². The predicted octanol–water partition coefficient (Wildman–Crippen LogP) is 3.34. The lowest BCUT2D eigenvalue weighted by Gasteiger charge is -2.33. The van der Waals surface area contributed by atoms with Crippen LogP contribution in [0.5, 0.6) is 0 Å². The third-order valence-electron chi connectivity index (χ3n) is 5.25. The first-order valence-electron chi connectivity index (χ1n) is 7.94. The first kappa shape index (κ1) is 14.0. The highest BCUT2D eigenvalue weighted by Gasteiger charge is 2.40. The Labute approximate surface area is 121 Å². The van der Waals surface area contributed by atoms with E-state index in [1.54, 1.807) is 12.1 Å². The molecule has 0 radical (unpaired) electrons. The number of hydrogen-bond donors (Lipinski definition) is 1. The van der Waals surface area contributed by atoms with E-state index in [0.29, 0.717) is 0 Å². The molecule has 2 aliphatic rings. The van der Waals surface area contributed by atoms with Crippen molar-refractivity contribution < 1.29 is 4.39 Å². The lowest BCUT2D eigenvalue weighted by Crippen LogP contribution is -2.40. The van der Waals surface area contributed by atoms with Crippen molar-refractivity contribution in [2.75, 3.05) is 13.1 Å². The second-order valence-electron chi connectivity index (χ2n) is 6.44. The average Bonchev–Trinajstić information content (AvgIpc) is 3.02. The van der Waals surface area contributed by atoms with Gasteiger partial charge in [0, 0.05) is 24.7 Å². The first-order chi connectivity index (χ1) is 9.70. The summed E-state index contributed by atoms with van der Waals surface area (Å²) in [5, 5.41) is 0. The van der Waals surface area contributed by atoms with Crippen LogP contribution < -0.4 is 5.73 Å². The van der Waals surface area contributed by atoms with E-state index in [4.69, 9.17) is 5.73 Å². The maximum absolute atomic E-state index is 14.2. The largest absolute Gasteiger partial charge is 0.326 e. The summed E-state index contributed by atoms with van der Waals surface area (Å²) in [5.41, 5.74) is 7.12. The van der Waals surface area contributed by atoms with Crippen molar-refractivity contribution in [1.29, 1.82) is 0 Å². The number of fused-ring (bicyclic) bond motifs is 1. The fourth-order valence-electron chi connectivity index (χ4n) is 4.13. The molecule has 110 valence electrons. The van der Waals surface area contributed by atoms with Crippen LogP contribution in [-0.2, 0) is 0 Å². The van der Waals surface area contributed by atoms with Gasteiger partial charge >= 0.3 is 0 Å². The quantitative estimate of drug-likeness (QED) is 0.914. The minimum absolute atomic E-state index is 0.00530. The normalized spacial score (nSPS) is 29.4. The highest BCUT2D eigenvalue weighted by Crippen LogP contribution is 2.42. The summed E-state index contributed by atoms with van der Waals surface area (Å²) in [6, 6.07) is 7.18. The third-order valence-corrected chi connectivity index (χ3v) is 5.25. The smallest absolute Gasteiger partial charge is 0.128 e. The molecule has 1 saturated carbocycles. The van der Waals surface area contributed by atoms with Crippen LogP contribution in [0.4, 0.5) is 4.39 Å². The van der Waals surface area contributed by atoms with Crippen LogP contribution >= 0.6 is 0 Å². The van der Waals surface area contributed by atoms with Gasteiger partial charge in [-0.3, -0.25) is 4.90 Å². The van der Waals surface area contributed by atoms with Gasteiger partial charge in [0.2, 0.25) is 0 Å². The van der Waals surface area contributed by atoms with Crippen molar-refractivity contribution in [3.05, 3.63) is 35.6 Å². The Bertz CT molecular complexity index is 450. The molecule has 4 atom stereocenters. The summed E-state index contributed by atoms with van der Waals surface area (Å²) in [6.45, 7) is 4.28. The van der Waals surface area contributed by atoms with Gasteiger partial charge in [0.05, 0.1) is 6.04 Å². The van der Waals surface area contributed by atoms with Crippen molar-refractivity contribution in [3.63, 3.8) is 0 Å². The van der Waals surface area contributed by atoms with Crippen molar-refractivity contribution >= 4 is 0 Å². The van der Waals surface area contributed by atoms with Crippen molar-refractivity contribution in [2.24, 2.45) is 17.6 Å². The van der Waals surface area contributed by atoms with E-state index in [2.05, 4.69) is 11.8 Å². The number of nitrogens with zero attached hydrogens (tertiary/aromatic N) is 1. The summed E-state index contributed by atoms with van der Waals surface area (Å²) >= 11 is 0. The van der Waals surface area contributed by atoms with Crippen LogP contribution in [0.1, 0.15) is 44.2 Å². The number of rotatable bonds is 4. The maximum Gasteiger partial charge on any atom is 0.128 e. The van der Waals surface area contributed by atoms with E-state index >= 15 is 0 Å². The molecular weight excluding hydrogens is 251 g/mol. The van der Waals surface area contributed by atoms with Gasteiger partial charge in [-0.05, 0) is 37.2 Å². The van der Waals surface area contributed by atoms with E-state index in [1.165, 1.54) is 19.3 Å². The molecule has 2 fully saturated rings. The van der Waals surface area contributed by atoms with E-state index in [1.807, 2.05) is 12.1 Å². The summed E-state index contributed by atoms with van der Waals surface area (Å²) in [6.07, 6.45) is 4.93. The Morgan fingerprint density at radius 1 is 1.25 bits per heavy atom. The Hall–Kier alpha value is -0.930. The van der Waals surface area contributed by atoms with Crippen molar-refractivity contribution in [1.82, 2.24) is 4.90 Å². The lowest BCUT2D eigenvalue weighted by molar-refractivity contribution is 0.190. The Morgan fingerprint density at radius 3 is 2.50 bits per heavy atom. The van der Waals surface area contributed by atoms with E-state index < -0.39 is 0 Å². The predicted molar refractivity (Wildman–Crippen MR) is 79.8 cm³/mol. The Kier molecular flexibility index (Phi) is 4.08. The molecule has 2 N–H and O–H groups in total. The SMILES string of the molecule is CCC(N)C(c1ccccc1F)N1CC2CCCC2C1. The molecule has 2 nitrogen and oxygen atoms in total. The van der Waals surface area contributed by atoms with Gasteiger partial charge < -0.3 is 5.73 Å². The molecule has 3 heteroatoms. The van der Waals surface area contributed by atoms with E-state index in [0.717, 1.165) is 36.9 Å². The van der Waals surface area contributed by atoms with Gasteiger partial charge in [0.25, 0.3) is 0 Å². The minimum atomic E-state index is -0.113. The molecule has 1 aliphatic heterocycles. The molecule has 1 aromatic rings. The maximum atomic E-state index is 14.2. The average molecular weight is 276 g/mol. The third kappa shape index (κ3) is 2.49. The molecule has 0 spiro atoms. The topological polar surface area (TPSA) is 29.3 Å². The van der Waals surface area contributed by atoms with Crippen LogP contribution in [0.25, 0.3) is 0 Å². The summed E-state index contributed by atoms with van der Waals surface area (Å²) < 4.78 is 14.2. The number of nitrogens with two attached hydrogens (primary N) is 1. The molecule has 4 unspecified atom stereocenters. The molecule has 1 saturated heterocycles. The lowest BCUT2D eigenvalue weighted by atomic mass is 9.96. The second-order valence-corrected chi connectivity index (χ2v) is 6.44. The number of halogens is 1. The molecule has 3 rings (SSSR count). The molecular formula is C17H25FN2. The van der Waals surface area contributed by atoms with Gasteiger partial charge in [0.1, 0.15) is 5.82 Å². The molecule has 0 amide bonds. The van der Waals surface area contributed by atoms with Crippen LogP contribution in [0.3, 0.4) is 0 Å². The van der Waals surface area contributed by atoms with Crippen molar-refractivity contribution in [3.8, 4) is 0 Å². The molecule has 1 aliphatic carbocycles. The van der Waals surface area contributed by atoms with Gasteiger partial charge in [-0.1, -0.05) is 31.5 Å². The first-order valence-corrected chi connectivity index (χ1v) is 7.94.